The van der Waals surface area contributed by atoms with Crippen molar-refractivity contribution in [2.45, 2.75) is 66.1 Å². The van der Waals surface area contributed by atoms with E-state index in [1.807, 2.05) is 11.6 Å². The van der Waals surface area contributed by atoms with Crippen molar-refractivity contribution >= 4 is 5.91 Å². The zero-order chi connectivity index (χ0) is 20.1. The number of aromatic nitrogens is 2. The van der Waals surface area contributed by atoms with Crippen molar-refractivity contribution in [1.29, 1.82) is 0 Å². The van der Waals surface area contributed by atoms with Gasteiger partial charge in [0.2, 0.25) is 5.91 Å². The summed E-state index contributed by atoms with van der Waals surface area (Å²) in [6.07, 6.45) is 2.46. The van der Waals surface area contributed by atoms with Crippen LogP contribution in [0, 0.1) is 19.8 Å². The van der Waals surface area contributed by atoms with Crippen LogP contribution in [0.4, 0.5) is 0 Å². The SMILES string of the molecule is Cc1nn(CC(C)C)c(C)c1CC(=O)NC1CCN(Cc2ccccc2)CC1. The van der Waals surface area contributed by atoms with Crippen molar-refractivity contribution in [2.24, 2.45) is 5.92 Å². The van der Waals surface area contributed by atoms with E-state index in [0.717, 1.165) is 56.0 Å². The monoisotopic (exact) mass is 382 g/mol. The van der Waals surface area contributed by atoms with Crippen molar-refractivity contribution in [3.05, 3.63) is 52.8 Å². The lowest BCUT2D eigenvalue weighted by Gasteiger charge is -2.32. The van der Waals surface area contributed by atoms with Crippen LogP contribution in [0.3, 0.4) is 0 Å². The van der Waals surface area contributed by atoms with Crippen molar-refractivity contribution in [1.82, 2.24) is 20.0 Å². The summed E-state index contributed by atoms with van der Waals surface area (Å²) in [7, 11) is 0. The van der Waals surface area contributed by atoms with Gasteiger partial charge in [0.1, 0.15) is 0 Å². The number of benzene rings is 1. The second-order valence-corrected chi connectivity index (χ2v) is 8.51. The fraction of sp³-hybridized carbons (Fsp3) is 0.565. The number of aryl methyl sites for hydroxylation is 1. The van der Waals surface area contributed by atoms with Crippen molar-refractivity contribution < 1.29 is 4.79 Å². The molecule has 2 aromatic rings. The maximum absolute atomic E-state index is 12.6. The second-order valence-electron chi connectivity index (χ2n) is 8.51. The molecule has 0 bridgehead atoms. The predicted octanol–water partition coefficient (Wildman–Crippen LogP) is 3.48. The van der Waals surface area contributed by atoms with E-state index < -0.39 is 0 Å². The van der Waals surface area contributed by atoms with E-state index in [-0.39, 0.29) is 11.9 Å². The Kier molecular flexibility index (Phi) is 6.89. The summed E-state index contributed by atoms with van der Waals surface area (Å²) < 4.78 is 2.05. The molecule has 0 spiro atoms. The molecule has 28 heavy (non-hydrogen) atoms. The Labute approximate surface area is 169 Å². The molecule has 5 heteroatoms. The molecule has 3 rings (SSSR count). The van der Waals surface area contributed by atoms with Gasteiger partial charge in [-0.05, 0) is 38.2 Å². The molecule has 5 nitrogen and oxygen atoms in total. The predicted molar refractivity (Wildman–Crippen MR) is 113 cm³/mol. The third-order valence-electron chi connectivity index (χ3n) is 5.61. The van der Waals surface area contributed by atoms with Crippen LogP contribution in [-0.4, -0.2) is 39.7 Å². The Balaban J connectivity index is 1.48. The van der Waals surface area contributed by atoms with Gasteiger partial charge in [-0.2, -0.15) is 5.10 Å². The highest BCUT2D eigenvalue weighted by atomic mass is 16.1. The minimum atomic E-state index is 0.122. The smallest absolute Gasteiger partial charge is 0.224 e. The minimum absolute atomic E-state index is 0.122. The van der Waals surface area contributed by atoms with Gasteiger partial charge in [0.15, 0.2) is 0 Å². The lowest BCUT2D eigenvalue weighted by molar-refractivity contribution is -0.121. The molecule has 1 aliphatic heterocycles. The quantitative estimate of drug-likeness (QED) is 0.798. The molecule has 152 valence electrons. The number of amides is 1. The molecule has 1 fully saturated rings. The van der Waals surface area contributed by atoms with Crippen molar-refractivity contribution in [3.63, 3.8) is 0 Å². The van der Waals surface area contributed by atoms with Crippen molar-refractivity contribution in [3.8, 4) is 0 Å². The van der Waals surface area contributed by atoms with Gasteiger partial charge in [-0.25, -0.2) is 0 Å². The van der Waals surface area contributed by atoms with E-state index in [0.29, 0.717) is 12.3 Å². The van der Waals surface area contributed by atoms with Crippen LogP contribution in [0.2, 0.25) is 0 Å². The Morgan fingerprint density at radius 1 is 1.18 bits per heavy atom. The van der Waals surface area contributed by atoms with E-state index in [1.54, 1.807) is 0 Å². The summed E-state index contributed by atoms with van der Waals surface area (Å²) in [5.41, 5.74) is 4.54. The standard InChI is InChI=1S/C23H34N4O/c1-17(2)15-27-19(4)22(18(3)25-27)14-23(28)24-21-10-12-26(13-11-21)16-20-8-6-5-7-9-20/h5-9,17,21H,10-16H2,1-4H3,(H,24,28). The van der Waals surface area contributed by atoms with Gasteiger partial charge in [0.05, 0.1) is 12.1 Å². The minimum Gasteiger partial charge on any atom is -0.353 e. The zero-order valence-corrected chi connectivity index (χ0v) is 17.7. The average molecular weight is 383 g/mol. The van der Waals surface area contributed by atoms with Gasteiger partial charge < -0.3 is 5.32 Å². The average Bonchev–Trinajstić information content (AvgIpc) is 2.91. The molecule has 0 atom stereocenters. The Hall–Kier alpha value is -2.14. The van der Waals surface area contributed by atoms with E-state index in [4.69, 9.17) is 0 Å². The van der Waals surface area contributed by atoms with Crippen molar-refractivity contribution in [2.75, 3.05) is 13.1 Å². The summed E-state index contributed by atoms with van der Waals surface area (Å²) in [4.78, 5) is 15.1. The van der Waals surface area contributed by atoms with Crippen LogP contribution in [0.15, 0.2) is 30.3 Å². The Morgan fingerprint density at radius 2 is 1.86 bits per heavy atom. The maximum Gasteiger partial charge on any atom is 0.224 e. The Morgan fingerprint density at radius 3 is 2.50 bits per heavy atom. The molecule has 0 aliphatic carbocycles. The number of piperidine rings is 1. The molecule has 1 aromatic carbocycles. The first kappa shape index (κ1) is 20.6. The van der Waals surface area contributed by atoms with E-state index >= 15 is 0 Å². The highest BCUT2D eigenvalue weighted by Crippen LogP contribution is 2.17. The second kappa shape index (κ2) is 9.37. The summed E-state index contributed by atoms with van der Waals surface area (Å²) in [6.45, 7) is 12.4. The van der Waals surface area contributed by atoms with Crippen LogP contribution in [0.25, 0.3) is 0 Å². The van der Waals surface area contributed by atoms with Crippen LogP contribution < -0.4 is 5.32 Å². The molecule has 0 saturated carbocycles. The first-order chi connectivity index (χ1) is 13.4. The number of nitrogens with zero attached hydrogens (tertiary/aromatic N) is 3. The van der Waals surface area contributed by atoms with Crippen LogP contribution in [-0.2, 0) is 24.3 Å². The van der Waals surface area contributed by atoms with Gasteiger partial charge in [-0.3, -0.25) is 14.4 Å². The molecule has 1 N–H and O–H groups in total. The summed E-state index contributed by atoms with van der Waals surface area (Å²) >= 11 is 0. The third-order valence-corrected chi connectivity index (χ3v) is 5.61. The molecule has 0 radical (unpaired) electrons. The van der Waals surface area contributed by atoms with Crippen LogP contribution in [0.5, 0.6) is 0 Å². The largest absolute Gasteiger partial charge is 0.353 e. The van der Waals surface area contributed by atoms with Gasteiger partial charge in [0.25, 0.3) is 0 Å². The summed E-state index contributed by atoms with van der Waals surface area (Å²) in [5, 5.41) is 7.88. The number of hydrogen-bond acceptors (Lipinski definition) is 3. The number of nitrogens with one attached hydrogen (secondary N) is 1. The van der Waals surface area contributed by atoms with E-state index in [1.165, 1.54) is 5.56 Å². The molecule has 0 unspecified atom stereocenters. The number of hydrogen-bond donors (Lipinski definition) is 1. The maximum atomic E-state index is 12.6. The highest BCUT2D eigenvalue weighted by Gasteiger charge is 2.22. The number of carbonyl (C=O) groups excluding carboxylic acids is 1. The molecule has 1 amide bonds. The normalized spacial score (nSPS) is 15.9. The fourth-order valence-electron chi connectivity index (χ4n) is 4.03. The Bertz CT molecular complexity index is 773. The third kappa shape index (κ3) is 5.44. The molecular weight excluding hydrogens is 348 g/mol. The molecule has 1 saturated heterocycles. The number of rotatable bonds is 7. The topological polar surface area (TPSA) is 50.2 Å². The van der Waals surface area contributed by atoms with Crippen LogP contribution >= 0.6 is 0 Å². The molecule has 1 aliphatic rings. The summed E-state index contributed by atoms with van der Waals surface area (Å²) in [6, 6.07) is 10.9. The zero-order valence-electron chi connectivity index (χ0n) is 17.7. The lowest BCUT2D eigenvalue weighted by Crippen LogP contribution is -2.44. The number of likely N-dealkylation sites (tertiary alicyclic amines) is 1. The van der Waals surface area contributed by atoms with E-state index in [9.17, 15) is 4.79 Å². The fourth-order valence-corrected chi connectivity index (χ4v) is 4.03. The highest BCUT2D eigenvalue weighted by molar-refractivity contribution is 5.79. The lowest BCUT2D eigenvalue weighted by atomic mass is 10.0. The number of carbonyl (C=O) groups is 1. The van der Waals surface area contributed by atoms with E-state index in [2.05, 4.69) is 66.4 Å². The van der Waals surface area contributed by atoms with Gasteiger partial charge >= 0.3 is 0 Å². The summed E-state index contributed by atoms with van der Waals surface area (Å²) in [5.74, 6) is 0.664. The first-order valence-electron chi connectivity index (χ1n) is 10.5. The first-order valence-corrected chi connectivity index (χ1v) is 10.5. The van der Waals surface area contributed by atoms with Gasteiger partial charge in [-0.1, -0.05) is 44.2 Å². The van der Waals surface area contributed by atoms with Gasteiger partial charge in [0, 0.05) is 43.5 Å². The molecule has 2 heterocycles. The molecular formula is C23H34N4O. The molecule has 1 aromatic heterocycles. The van der Waals surface area contributed by atoms with Crippen LogP contribution in [0.1, 0.15) is 49.2 Å². The van der Waals surface area contributed by atoms with Gasteiger partial charge in [-0.15, -0.1) is 0 Å².